The highest BCUT2D eigenvalue weighted by Gasteiger charge is 2.21. The summed E-state index contributed by atoms with van der Waals surface area (Å²) in [6.07, 6.45) is -0.431. The van der Waals surface area contributed by atoms with E-state index in [-0.39, 0.29) is 5.91 Å². The largest absolute Gasteiger partial charge is 0.496 e. The monoisotopic (exact) mass is 314 g/mol. The zero-order valence-corrected chi connectivity index (χ0v) is 11.6. The lowest BCUT2D eigenvalue weighted by molar-refractivity contribution is -0.128. The Balaban J connectivity index is 2.00. The Hall–Kier alpha value is -1.11. The first-order valence-corrected chi connectivity index (χ1v) is 6.46. The number of carbonyl (C=O) groups is 1. The van der Waals surface area contributed by atoms with Gasteiger partial charge < -0.3 is 20.1 Å². The summed E-state index contributed by atoms with van der Waals surface area (Å²) in [5, 5.41) is 5.93. The number of methoxy groups -OCH3 is 1. The Bertz CT molecular complexity index is 433. The summed E-state index contributed by atoms with van der Waals surface area (Å²) >= 11 is 3.37. The second-order valence-corrected chi connectivity index (χ2v) is 4.76. The summed E-state index contributed by atoms with van der Waals surface area (Å²) in [6, 6.07) is 5.38. The van der Waals surface area contributed by atoms with E-state index in [4.69, 9.17) is 9.47 Å². The molecule has 98 valence electrons. The number of halogens is 1. The molecule has 1 aromatic rings. The van der Waals surface area contributed by atoms with Crippen LogP contribution in [0.4, 0.5) is 5.69 Å². The van der Waals surface area contributed by atoms with E-state index >= 15 is 0 Å². The number of benzene rings is 1. The SMILES string of the molecule is COc1ccc(NC(=O)C2CNCCO2)cc1Br. The molecule has 1 amide bonds. The van der Waals surface area contributed by atoms with Crippen molar-refractivity contribution in [3.05, 3.63) is 22.7 Å². The van der Waals surface area contributed by atoms with Gasteiger partial charge in [-0.25, -0.2) is 0 Å². The predicted octanol–water partition coefficient (Wildman–Crippen LogP) is 1.38. The van der Waals surface area contributed by atoms with Gasteiger partial charge in [-0.1, -0.05) is 0 Å². The summed E-state index contributed by atoms with van der Waals surface area (Å²) in [5.74, 6) is 0.586. The second-order valence-electron chi connectivity index (χ2n) is 3.90. The molecule has 1 atom stereocenters. The van der Waals surface area contributed by atoms with Gasteiger partial charge in [-0.2, -0.15) is 0 Å². The number of hydrogen-bond acceptors (Lipinski definition) is 4. The van der Waals surface area contributed by atoms with Crippen LogP contribution < -0.4 is 15.4 Å². The number of hydrogen-bond donors (Lipinski definition) is 2. The number of ether oxygens (including phenoxy) is 2. The molecule has 0 spiro atoms. The zero-order valence-electron chi connectivity index (χ0n) is 10.0. The molecule has 1 aliphatic rings. The maximum Gasteiger partial charge on any atom is 0.254 e. The highest BCUT2D eigenvalue weighted by atomic mass is 79.9. The van der Waals surface area contributed by atoms with Gasteiger partial charge >= 0.3 is 0 Å². The van der Waals surface area contributed by atoms with Crippen molar-refractivity contribution in [2.45, 2.75) is 6.10 Å². The van der Waals surface area contributed by atoms with Crippen LogP contribution in [0.5, 0.6) is 5.75 Å². The van der Waals surface area contributed by atoms with E-state index in [2.05, 4.69) is 26.6 Å². The highest BCUT2D eigenvalue weighted by Crippen LogP contribution is 2.27. The third-order valence-corrected chi connectivity index (χ3v) is 3.26. The molecule has 6 heteroatoms. The zero-order chi connectivity index (χ0) is 13.0. The summed E-state index contributed by atoms with van der Waals surface area (Å²) in [6.45, 7) is 1.89. The van der Waals surface area contributed by atoms with E-state index in [9.17, 15) is 4.79 Å². The van der Waals surface area contributed by atoms with Gasteiger partial charge in [0.1, 0.15) is 11.9 Å². The number of rotatable bonds is 3. The van der Waals surface area contributed by atoms with E-state index in [1.807, 2.05) is 0 Å². The average molecular weight is 315 g/mol. The molecule has 0 saturated carbocycles. The van der Waals surface area contributed by atoms with Crippen molar-refractivity contribution in [3.63, 3.8) is 0 Å². The van der Waals surface area contributed by atoms with Crippen LogP contribution >= 0.6 is 15.9 Å². The second kappa shape index (κ2) is 6.17. The number of anilines is 1. The van der Waals surface area contributed by atoms with Crippen LogP contribution in [0.25, 0.3) is 0 Å². The fraction of sp³-hybridized carbons (Fsp3) is 0.417. The van der Waals surface area contributed by atoms with Gasteiger partial charge in [-0.05, 0) is 34.1 Å². The molecule has 0 radical (unpaired) electrons. The van der Waals surface area contributed by atoms with Crippen LogP contribution in [-0.4, -0.2) is 38.8 Å². The third-order valence-electron chi connectivity index (χ3n) is 2.64. The minimum atomic E-state index is -0.431. The van der Waals surface area contributed by atoms with Crippen LogP contribution in [0.3, 0.4) is 0 Å². The van der Waals surface area contributed by atoms with Gasteiger partial charge in [0.2, 0.25) is 0 Å². The van der Waals surface area contributed by atoms with Crippen molar-refractivity contribution in [2.75, 3.05) is 32.1 Å². The van der Waals surface area contributed by atoms with Crippen molar-refractivity contribution in [1.82, 2.24) is 5.32 Å². The molecule has 0 bridgehead atoms. The maximum absolute atomic E-state index is 11.9. The topological polar surface area (TPSA) is 59.6 Å². The smallest absolute Gasteiger partial charge is 0.254 e. The molecular formula is C12H15BrN2O3. The third kappa shape index (κ3) is 3.22. The molecule has 2 rings (SSSR count). The van der Waals surface area contributed by atoms with E-state index in [0.29, 0.717) is 18.8 Å². The van der Waals surface area contributed by atoms with Crippen LogP contribution in [0, 0.1) is 0 Å². The number of carbonyl (C=O) groups excluding carboxylic acids is 1. The first kappa shape index (κ1) is 13.3. The standard InChI is InChI=1S/C12H15BrN2O3/c1-17-10-3-2-8(6-9(10)13)15-12(16)11-7-14-4-5-18-11/h2-3,6,11,14H,4-5,7H2,1H3,(H,15,16). The molecular weight excluding hydrogens is 300 g/mol. The summed E-state index contributed by atoms with van der Waals surface area (Å²) in [5.41, 5.74) is 0.710. The molecule has 0 aromatic heterocycles. The van der Waals surface area contributed by atoms with Gasteiger partial charge in [-0.15, -0.1) is 0 Å². The quantitative estimate of drug-likeness (QED) is 0.885. The fourth-order valence-corrected chi connectivity index (χ4v) is 2.24. The van der Waals surface area contributed by atoms with Crippen molar-refractivity contribution >= 4 is 27.5 Å². The number of morpholine rings is 1. The first-order valence-electron chi connectivity index (χ1n) is 5.67. The Labute approximate surface area is 114 Å². The molecule has 0 aliphatic carbocycles. The van der Waals surface area contributed by atoms with Gasteiger partial charge in [-0.3, -0.25) is 4.79 Å². The van der Waals surface area contributed by atoms with Gasteiger partial charge in [0.05, 0.1) is 18.2 Å². The summed E-state index contributed by atoms with van der Waals surface area (Å²) in [7, 11) is 1.60. The minimum Gasteiger partial charge on any atom is -0.496 e. The molecule has 1 heterocycles. The molecule has 1 aliphatic heterocycles. The Morgan fingerprint density at radius 3 is 3.06 bits per heavy atom. The Morgan fingerprint density at radius 1 is 1.61 bits per heavy atom. The van der Waals surface area contributed by atoms with Crippen molar-refractivity contribution in [2.24, 2.45) is 0 Å². The van der Waals surface area contributed by atoms with Crippen LogP contribution in [0.2, 0.25) is 0 Å². The van der Waals surface area contributed by atoms with Gasteiger partial charge in [0.25, 0.3) is 5.91 Å². The van der Waals surface area contributed by atoms with E-state index in [1.54, 1.807) is 25.3 Å². The molecule has 1 unspecified atom stereocenters. The molecule has 5 nitrogen and oxygen atoms in total. The van der Waals surface area contributed by atoms with Crippen molar-refractivity contribution in [1.29, 1.82) is 0 Å². The van der Waals surface area contributed by atoms with E-state index in [1.165, 1.54) is 0 Å². The summed E-state index contributed by atoms with van der Waals surface area (Å²) < 4.78 is 11.3. The number of nitrogens with one attached hydrogen (secondary N) is 2. The minimum absolute atomic E-state index is 0.140. The van der Waals surface area contributed by atoms with Crippen molar-refractivity contribution < 1.29 is 14.3 Å². The van der Waals surface area contributed by atoms with Crippen LogP contribution in [-0.2, 0) is 9.53 Å². The van der Waals surface area contributed by atoms with Crippen molar-refractivity contribution in [3.8, 4) is 5.75 Å². The lowest BCUT2D eigenvalue weighted by Gasteiger charge is -2.22. The first-order chi connectivity index (χ1) is 8.70. The van der Waals surface area contributed by atoms with Gasteiger partial charge in [0.15, 0.2) is 0 Å². The lowest BCUT2D eigenvalue weighted by atomic mass is 10.2. The van der Waals surface area contributed by atoms with Gasteiger partial charge in [0, 0.05) is 18.8 Å². The molecule has 1 fully saturated rings. The maximum atomic E-state index is 11.9. The summed E-state index contributed by atoms with van der Waals surface area (Å²) in [4.78, 5) is 11.9. The fourth-order valence-electron chi connectivity index (χ4n) is 1.70. The predicted molar refractivity (Wildman–Crippen MR) is 71.9 cm³/mol. The molecule has 1 aromatic carbocycles. The Kier molecular flexibility index (Phi) is 4.57. The van der Waals surface area contributed by atoms with Crippen LogP contribution in [0.15, 0.2) is 22.7 Å². The highest BCUT2D eigenvalue weighted by molar-refractivity contribution is 9.10. The lowest BCUT2D eigenvalue weighted by Crippen LogP contribution is -2.45. The van der Waals surface area contributed by atoms with E-state index < -0.39 is 6.10 Å². The van der Waals surface area contributed by atoms with E-state index in [0.717, 1.165) is 16.8 Å². The molecule has 18 heavy (non-hydrogen) atoms. The van der Waals surface area contributed by atoms with Crippen LogP contribution in [0.1, 0.15) is 0 Å². The molecule has 1 saturated heterocycles. The number of amides is 1. The molecule has 2 N–H and O–H groups in total. The Morgan fingerprint density at radius 2 is 2.44 bits per heavy atom. The average Bonchev–Trinajstić information content (AvgIpc) is 2.40. The normalized spacial score (nSPS) is 19.3.